The number of hydrogen-bond acceptors (Lipinski definition) is 11. The molecule has 4 aliphatic rings. The third kappa shape index (κ3) is 9.43. The van der Waals surface area contributed by atoms with E-state index in [-0.39, 0.29) is 75.8 Å². The number of benzene rings is 1. The number of amides is 2. The lowest BCUT2D eigenvalue weighted by atomic mass is 9.55. The van der Waals surface area contributed by atoms with Crippen molar-refractivity contribution in [1.29, 1.82) is 0 Å². The van der Waals surface area contributed by atoms with Crippen molar-refractivity contribution in [2.75, 3.05) is 59.3 Å². The van der Waals surface area contributed by atoms with Crippen LogP contribution in [0.3, 0.4) is 0 Å². The van der Waals surface area contributed by atoms with Crippen molar-refractivity contribution >= 4 is 17.7 Å². The molecule has 3 aliphatic carbocycles. The predicted octanol–water partition coefficient (Wildman–Crippen LogP) is 4.70. The molecule has 1 heterocycles. The summed E-state index contributed by atoms with van der Waals surface area (Å²) in [4.78, 5) is 34.5. The summed E-state index contributed by atoms with van der Waals surface area (Å²) in [5.74, 6) is -1.12. The first-order valence-electron chi connectivity index (χ1n) is 19.5. The summed E-state index contributed by atoms with van der Waals surface area (Å²) in [5.41, 5.74) is 2.52. The second kappa shape index (κ2) is 19.7. The number of allylic oxidation sites excluding steroid dienone is 1. The number of unbranched alkanes of at least 4 members (excludes halogenated alkanes) is 2. The average molecular weight is 742 g/mol. The Morgan fingerprint density at radius 3 is 2.53 bits per heavy atom. The Morgan fingerprint density at radius 1 is 1.08 bits per heavy atom. The highest BCUT2D eigenvalue weighted by atomic mass is 16.7. The molecule has 0 spiro atoms. The zero-order valence-electron chi connectivity index (χ0n) is 31.4. The van der Waals surface area contributed by atoms with Gasteiger partial charge in [0.2, 0.25) is 11.7 Å². The summed E-state index contributed by atoms with van der Waals surface area (Å²) in [6.07, 6.45) is 9.87. The Kier molecular flexibility index (Phi) is 15.1. The zero-order chi connectivity index (χ0) is 37.8. The first kappa shape index (κ1) is 40.7. The molecule has 53 heavy (non-hydrogen) atoms. The minimum atomic E-state index is -1.38. The van der Waals surface area contributed by atoms with Gasteiger partial charge in [0.05, 0.1) is 38.1 Å². The number of aliphatic hydroxyl groups is 3. The number of fused-ring (bicyclic) bond motifs is 2. The fourth-order valence-electron chi connectivity index (χ4n) is 8.46. The molecule has 13 nitrogen and oxygen atoms in total. The number of oxime groups is 1. The molecule has 5 rings (SSSR count). The molecule has 13 heteroatoms. The van der Waals surface area contributed by atoms with Crippen molar-refractivity contribution in [3.63, 3.8) is 0 Å². The summed E-state index contributed by atoms with van der Waals surface area (Å²) >= 11 is 0. The number of hydrogen-bond donors (Lipinski definition) is 4. The van der Waals surface area contributed by atoms with E-state index in [0.717, 1.165) is 55.4 Å². The predicted molar refractivity (Wildman–Crippen MR) is 199 cm³/mol. The second-order valence-electron chi connectivity index (χ2n) is 14.3. The summed E-state index contributed by atoms with van der Waals surface area (Å²) in [5, 5.41) is 36.4. The lowest BCUT2D eigenvalue weighted by Crippen LogP contribution is -2.70. The summed E-state index contributed by atoms with van der Waals surface area (Å²) in [6.45, 7) is 9.30. The Labute approximate surface area is 313 Å². The molecule has 0 saturated heterocycles. The van der Waals surface area contributed by atoms with Gasteiger partial charge in [0.15, 0.2) is 0 Å². The van der Waals surface area contributed by atoms with Crippen molar-refractivity contribution < 1.29 is 48.7 Å². The quantitative estimate of drug-likeness (QED) is 0.0743. The fourth-order valence-corrected chi connectivity index (χ4v) is 8.46. The largest absolute Gasteiger partial charge is 0.459 e. The van der Waals surface area contributed by atoms with Crippen molar-refractivity contribution in [2.45, 2.75) is 89.4 Å². The van der Waals surface area contributed by atoms with E-state index < -0.39 is 23.8 Å². The normalized spacial score (nSPS) is 26.5. The molecule has 6 atom stereocenters. The van der Waals surface area contributed by atoms with Gasteiger partial charge in [-0.25, -0.2) is 4.79 Å². The van der Waals surface area contributed by atoms with Crippen LogP contribution in [0.1, 0.15) is 83.1 Å². The SMILES string of the molecule is C=CCO[C@@]12Oc3ccc(OC(=O)NCC)cc3[C@H]3[C@H](CCCCO)[C@@H](CCCCO)C=C(C(=NOCC)C[C@@H]1N(CCOCCO)C(=O)C1CC1)[C@H]32. The molecule has 1 aliphatic heterocycles. The molecule has 1 aromatic carbocycles. The standard InChI is InChI=1S/C40H59N3O10/c1-4-21-50-40-35(43(17-22-49-23-20-46)38(47)27-13-14-27)26-33(42-51-6-3)31-24-28(11-7-9-18-44)30(12-8-10-19-45)36(37(31)40)32-25-29(15-16-34(32)53-40)52-39(48)41-5-2/h4,15-16,24-25,27-28,30,35-37,44-46H,1,5-14,17-23,26H2,2-3H3,(H,41,48)/t28-,30+,35-,36+,37+,40+/m0/s1. The molecule has 0 unspecified atom stereocenters. The van der Waals surface area contributed by atoms with Crippen LogP contribution >= 0.6 is 0 Å². The lowest BCUT2D eigenvalue weighted by molar-refractivity contribution is -0.258. The molecule has 0 aromatic heterocycles. The number of rotatable bonds is 22. The van der Waals surface area contributed by atoms with Gasteiger partial charge in [0, 0.05) is 50.1 Å². The van der Waals surface area contributed by atoms with Crippen LogP contribution in [0.25, 0.3) is 0 Å². The molecule has 294 valence electrons. The molecule has 4 N–H and O–H groups in total. The third-order valence-corrected chi connectivity index (χ3v) is 10.8. The monoisotopic (exact) mass is 741 g/mol. The van der Waals surface area contributed by atoms with Crippen LogP contribution in [-0.2, 0) is 19.1 Å². The number of nitrogens with zero attached hydrogens (tertiary/aromatic N) is 2. The van der Waals surface area contributed by atoms with E-state index in [0.29, 0.717) is 43.9 Å². The van der Waals surface area contributed by atoms with Gasteiger partial charge >= 0.3 is 6.09 Å². The Bertz CT molecular complexity index is 1450. The third-order valence-electron chi connectivity index (χ3n) is 10.8. The van der Waals surface area contributed by atoms with Crippen LogP contribution in [0.5, 0.6) is 11.5 Å². The first-order valence-corrected chi connectivity index (χ1v) is 19.5. The van der Waals surface area contributed by atoms with Gasteiger partial charge in [-0.3, -0.25) is 4.79 Å². The highest BCUT2D eigenvalue weighted by Gasteiger charge is 2.65. The van der Waals surface area contributed by atoms with Crippen molar-refractivity contribution in [2.24, 2.45) is 28.8 Å². The van der Waals surface area contributed by atoms with Gasteiger partial charge < -0.3 is 49.3 Å². The van der Waals surface area contributed by atoms with Crippen LogP contribution < -0.4 is 14.8 Å². The van der Waals surface area contributed by atoms with E-state index >= 15 is 0 Å². The molecule has 1 aromatic rings. The summed E-state index contributed by atoms with van der Waals surface area (Å²) in [6, 6.07) is 4.78. The average Bonchev–Trinajstić information content (AvgIpc) is 4.01. The Balaban J connectivity index is 1.74. The summed E-state index contributed by atoms with van der Waals surface area (Å²) in [7, 11) is 0. The maximum atomic E-state index is 14.3. The maximum Gasteiger partial charge on any atom is 0.412 e. The van der Waals surface area contributed by atoms with Crippen molar-refractivity contribution in [3.05, 3.63) is 48.1 Å². The number of carbonyl (C=O) groups is 2. The van der Waals surface area contributed by atoms with Crippen LogP contribution in [0.15, 0.2) is 47.7 Å². The molecular formula is C40H59N3O10. The second-order valence-corrected chi connectivity index (χ2v) is 14.3. The van der Waals surface area contributed by atoms with Gasteiger partial charge in [-0.2, -0.15) is 0 Å². The van der Waals surface area contributed by atoms with Crippen molar-refractivity contribution in [3.8, 4) is 11.5 Å². The highest BCUT2D eigenvalue weighted by Crippen LogP contribution is 2.62. The zero-order valence-corrected chi connectivity index (χ0v) is 31.4. The van der Waals surface area contributed by atoms with Crippen LogP contribution in [0.2, 0.25) is 0 Å². The molecule has 0 radical (unpaired) electrons. The van der Waals surface area contributed by atoms with Crippen LogP contribution in [0, 0.1) is 23.7 Å². The minimum Gasteiger partial charge on any atom is -0.459 e. The molecular weight excluding hydrogens is 682 g/mol. The van der Waals surface area contributed by atoms with E-state index in [2.05, 4.69) is 18.0 Å². The van der Waals surface area contributed by atoms with Gasteiger partial charge in [0.25, 0.3) is 0 Å². The van der Waals surface area contributed by atoms with Gasteiger partial charge in [-0.1, -0.05) is 30.1 Å². The van der Waals surface area contributed by atoms with Crippen LogP contribution in [0.4, 0.5) is 4.79 Å². The number of aliphatic hydroxyl groups excluding tert-OH is 3. The number of nitrogens with one attached hydrogen (secondary N) is 1. The maximum absolute atomic E-state index is 14.3. The van der Waals surface area contributed by atoms with E-state index in [1.54, 1.807) is 12.1 Å². The molecule has 0 bridgehead atoms. The highest BCUT2D eigenvalue weighted by molar-refractivity contribution is 6.03. The molecule has 2 saturated carbocycles. The van der Waals surface area contributed by atoms with Gasteiger partial charge in [-0.15, -0.1) is 6.58 Å². The Morgan fingerprint density at radius 2 is 1.85 bits per heavy atom. The molecule has 2 fully saturated rings. The smallest absolute Gasteiger partial charge is 0.412 e. The van der Waals surface area contributed by atoms with Gasteiger partial charge in [-0.05, 0) is 88.0 Å². The van der Waals surface area contributed by atoms with E-state index in [1.165, 1.54) is 0 Å². The Hall–Kier alpha value is -3.49. The number of ether oxygens (including phenoxy) is 4. The minimum absolute atomic E-state index is 0.00110. The first-order chi connectivity index (χ1) is 25.9. The van der Waals surface area contributed by atoms with E-state index in [4.69, 9.17) is 28.9 Å². The lowest BCUT2D eigenvalue weighted by Gasteiger charge is -2.60. The fraction of sp³-hybridized carbons (Fsp3) is 0.675. The summed E-state index contributed by atoms with van der Waals surface area (Å²) < 4.78 is 25.6. The number of carbonyl (C=O) groups excluding carboxylic acids is 2. The van der Waals surface area contributed by atoms with E-state index in [9.17, 15) is 24.9 Å². The van der Waals surface area contributed by atoms with Crippen molar-refractivity contribution in [1.82, 2.24) is 10.2 Å². The topological polar surface area (TPSA) is 169 Å². The van der Waals surface area contributed by atoms with E-state index in [1.807, 2.05) is 30.9 Å². The molecule has 2 amide bonds. The van der Waals surface area contributed by atoms with Crippen LogP contribution in [-0.4, -0.2) is 109 Å². The van der Waals surface area contributed by atoms with Gasteiger partial charge in [0.1, 0.15) is 24.1 Å².